The number of anilines is 1. The van der Waals surface area contributed by atoms with Gasteiger partial charge in [-0.2, -0.15) is 5.10 Å². The Morgan fingerprint density at radius 1 is 1.03 bits per heavy atom. The Kier molecular flexibility index (Phi) is 5.77. The molecule has 1 saturated heterocycles. The summed E-state index contributed by atoms with van der Waals surface area (Å²) in [5.41, 5.74) is 0.791. The molecule has 8 heteroatoms. The molecule has 0 atom stereocenters. The van der Waals surface area contributed by atoms with E-state index in [1.54, 1.807) is 23.1 Å². The highest BCUT2D eigenvalue weighted by Gasteiger charge is 2.25. The zero-order chi connectivity index (χ0) is 21.3. The van der Waals surface area contributed by atoms with Crippen molar-refractivity contribution in [3.05, 3.63) is 50.9 Å². The molecule has 2 aromatic rings. The van der Waals surface area contributed by atoms with Crippen LogP contribution in [-0.2, 0) is 18.5 Å². The molecule has 8 nitrogen and oxygen atoms in total. The molecule has 1 saturated carbocycles. The molecule has 0 unspecified atom stereocenters. The van der Waals surface area contributed by atoms with Crippen LogP contribution in [0.25, 0.3) is 0 Å². The van der Waals surface area contributed by atoms with E-state index in [1.165, 1.54) is 12.8 Å². The van der Waals surface area contributed by atoms with Gasteiger partial charge in [0, 0.05) is 63.1 Å². The van der Waals surface area contributed by atoms with Crippen molar-refractivity contribution in [1.82, 2.24) is 24.2 Å². The second-order valence-electron chi connectivity index (χ2n) is 9.51. The van der Waals surface area contributed by atoms with Gasteiger partial charge in [0.25, 0.3) is 11.1 Å². The lowest BCUT2D eigenvalue weighted by Crippen LogP contribution is -2.49. The first kappa shape index (κ1) is 20.8. The molecule has 0 aromatic carbocycles. The van der Waals surface area contributed by atoms with E-state index >= 15 is 0 Å². The van der Waals surface area contributed by atoms with Crippen LogP contribution in [0.4, 0.5) is 5.82 Å². The lowest BCUT2D eigenvalue weighted by atomic mass is 9.92. The summed E-state index contributed by atoms with van der Waals surface area (Å²) in [5.74, 6) is 1.22. The molecule has 0 radical (unpaired) electrons. The largest absolute Gasteiger partial charge is 0.349 e. The lowest BCUT2D eigenvalue weighted by Gasteiger charge is -2.35. The fraction of sp³-hybridized carbons (Fsp3) is 0.636. The van der Waals surface area contributed by atoms with Crippen molar-refractivity contribution in [2.24, 2.45) is 5.92 Å². The number of hydrogen-bond acceptors (Lipinski definition) is 6. The molecular formula is C22H32N6O2. The molecule has 162 valence electrons. The molecule has 0 bridgehead atoms. The SMILES string of the molecule is CC(C)(C)c1ccc(=O)n(CCN2CCN(c3nccn(CC4CC4)c3=O)CC2)n1. The van der Waals surface area contributed by atoms with E-state index in [1.807, 2.05) is 10.6 Å². The van der Waals surface area contributed by atoms with Gasteiger partial charge in [-0.1, -0.05) is 20.8 Å². The van der Waals surface area contributed by atoms with Gasteiger partial charge in [0.05, 0.1) is 12.2 Å². The topological polar surface area (TPSA) is 76.3 Å². The molecule has 2 fully saturated rings. The van der Waals surface area contributed by atoms with E-state index in [0.29, 0.717) is 18.3 Å². The summed E-state index contributed by atoms with van der Waals surface area (Å²) < 4.78 is 3.38. The van der Waals surface area contributed by atoms with E-state index in [2.05, 4.69) is 40.7 Å². The highest BCUT2D eigenvalue weighted by Crippen LogP contribution is 2.30. The Morgan fingerprint density at radius 3 is 2.43 bits per heavy atom. The van der Waals surface area contributed by atoms with Crippen LogP contribution in [0.1, 0.15) is 39.3 Å². The number of piperazine rings is 1. The van der Waals surface area contributed by atoms with Crippen LogP contribution in [0.2, 0.25) is 0 Å². The molecule has 2 aliphatic rings. The van der Waals surface area contributed by atoms with Crippen LogP contribution in [0.15, 0.2) is 34.1 Å². The molecule has 0 N–H and O–H groups in total. The van der Waals surface area contributed by atoms with E-state index in [-0.39, 0.29) is 16.5 Å². The van der Waals surface area contributed by atoms with E-state index in [4.69, 9.17) is 0 Å². The maximum absolute atomic E-state index is 12.8. The summed E-state index contributed by atoms with van der Waals surface area (Å²) in [4.78, 5) is 33.7. The van der Waals surface area contributed by atoms with Gasteiger partial charge in [-0.3, -0.25) is 14.5 Å². The van der Waals surface area contributed by atoms with Gasteiger partial charge in [0.1, 0.15) is 0 Å². The second-order valence-corrected chi connectivity index (χ2v) is 9.51. The zero-order valence-corrected chi connectivity index (χ0v) is 18.3. The number of nitrogens with zero attached hydrogens (tertiary/aromatic N) is 6. The molecule has 0 spiro atoms. The third-order valence-corrected chi connectivity index (χ3v) is 5.98. The predicted molar refractivity (Wildman–Crippen MR) is 117 cm³/mol. The van der Waals surface area contributed by atoms with E-state index in [0.717, 1.165) is 45.0 Å². The summed E-state index contributed by atoms with van der Waals surface area (Å²) in [5, 5.41) is 4.55. The highest BCUT2D eigenvalue weighted by molar-refractivity contribution is 5.36. The Bertz CT molecular complexity index is 994. The predicted octanol–water partition coefficient (Wildman–Crippen LogP) is 1.33. The number of hydrogen-bond donors (Lipinski definition) is 0. The smallest absolute Gasteiger partial charge is 0.293 e. The fourth-order valence-electron chi connectivity index (χ4n) is 3.80. The summed E-state index contributed by atoms with van der Waals surface area (Å²) in [6, 6.07) is 3.43. The van der Waals surface area contributed by atoms with Gasteiger partial charge in [-0.05, 0) is 24.8 Å². The van der Waals surface area contributed by atoms with E-state index < -0.39 is 0 Å². The van der Waals surface area contributed by atoms with Crippen molar-refractivity contribution < 1.29 is 0 Å². The minimum Gasteiger partial charge on any atom is -0.349 e. The number of rotatable bonds is 6. The minimum atomic E-state index is -0.0871. The third kappa shape index (κ3) is 4.80. The monoisotopic (exact) mass is 412 g/mol. The normalized spacial score (nSPS) is 18.0. The van der Waals surface area contributed by atoms with Gasteiger partial charge >= 0.3 is 0 Å². The molecule has 4 rings (SSSR count). The van der Waals surface area contributed by atoms with Crippen LogP contribution in [0.5, 0.6) is 0 Å². The molecular weight excluding hydrogens is 380 g/mol. The summed E-state index contributed by atoms with van der Waals surface area (Å²) in [6.07, 6.45) is 5.99. The van der Waals surface area contributed by atoms with Crippen LogP contribution >= 0.6 is 0 Å². The average Bonchev–Trinajstić information content (AvgIpc) is 3.53. The lowest BCUT2D eigenvalue weighted by molar-refractivity contribution is 0.241. The van der Waals surface area contributed by atoms with Crippen molar-refractivity contribution in [3.8, 4) is 0 Å². The van der Waals surface area contributed by atoms with E-state index in [9.17, 15) is 9.59 Å². The minimum absolute atomic E-state index is 0.0209. The molecule has 30 heavy (non-hydrogen) atoms. The summed E-state index contributed by atoms with van der Waals surface area (Å²) in [6.45, 7) is 11.6. The maximum Gasteiger partial charge on any atom is 0.293 e. The van der Waals surface area contributed by atoms with Gasteiger partial charge in [-0.25, -0.2) is 9.67 Å². The highest BCUT2D eigenvalue weighted by atomic mass is 16.1. The number of aromatic nitrogens is 4. The zero-order valence-electron chi connectivity index (χ0n) is 18.3. The van der Waals surface area contributed by atoms with Crippen LogP contribution < -0.4 is 16.0 Å². The Morgan fingerprint density at radius 2 is 1.77 bits per heavy atom. The van der Waals surface area contributed by atoms with Gasteiger partial charge in [0.15, 0.2) is 5.82 Å². The molecule has 1 aliphatic carbocycles. The molecule has 2 aromatic heterocycles. The Labute approximate surface area is 177 Å². The maximum atomic E-state index is 12.8. The van der Waals surface area contributed by atoms with Crippen molar-refractivity contribution in [2.75, 3.05) is 37.6 Å². The standard InChI is InChI=1S/C22H32N6O2/c1-22(2,3)18-6-7-19(29)28(24-18)15-12-25-10-13-26(14-11-25)20-21(30)27(9-8-23-20)16-17-4-5-17/h6-9,17H,4-5,10-16H2,1-3H3. The van der Waals surface area contributed by atoms with Crippen molar-refractivity contribution in [3.63, 3.8) is 0 Å². The van der Waals surface area contributed by atoms with Crippen molar-refractivity contribution >= 4 is 5.82 Å². The van der Waals surface area contributed by atoms with Crippen LogP contribution in [0, 0.1) is 5.92 Å². The Balaban J connectivity index is 1.35. The third-order valence-electron chi connectivity index (χ3n) is 5.98. The van der Waals surface area contributed by atoms with Crippen LogP contribution in [-0.4, -0.2) is 57.0 Å². The van der Waals surface area contributed by atoms with Gasteiger partial charge in [0.2, 0.25) is 0 Å². The molecule has 1 aliphatic heterocycles. The van der Waals surface area contributed by atoms with Crippen molar-refractivity contribution in [1.29, 1.82) is 0 Å². The van der Waals surface area contributed by atoms with Crippen LogP contribution in [0.3, 0.4) is 0 Å². The first-order valence-corrected chi connectivity index (χ1v) is 10.9. The molecule has 0 amide bonds. The summed E-state index contributed by atoms with van der Waals surface area (Å²) in [7, 11) is 0. The fourth-order valence-corrected chi connectivity index (χ4v) is 3.80. The van der Waals surface area contributed by atoms with Gasteiger partial charge in [-0.15, -0.1) is 0 Å². The quantitative estimate of drug-likeness (QED) is 0.713. The Hall–Kier alpha value is -2.48. The first-order valence-electron chi connectivity index (χ1n) is 10.9. The first-order chi connectivity index (χ1) is 14.3. The average molecular weight is 413 g/mol. The van der Waals surface area contributed by atoms with Crippen molar-refractivity contribution in [2.45, 2.75) is 52.1 Å². The van der Waals surface area contributed by atoms with Gasteiger partial charge < -0.3 is 9.47 Å². The molecule has 3 heterocycles. The summed E-state index contributed by atoms with van der Waals surface area (Å²) >= 11 is 0. The second kappa shape index (κ2) is 8.34.